The largest absolute Gasteiger partial charge is 0.396 e. The SMILES string of the molecule is Cl.N[C@@H](CCCO)c1ccc(Br)s1. The fourth-order valence-electron chi connectivity index (χ4n) is 0.981. The summed E-state index contributed by atoms with van der Waals surface area (Å²) in [6.07, 6.45) is 1.63. The molecule has 0 spiro atoms. The standard InChI is InChI=1S/C8H12BrNOS.ClH/c9-8-4-3-7(12-8)6(10)2-1-5-11;/h3-4,6,11H,1-2,5,10H2;1H/t6-;/m0./s1. The second kappa shape index (κ2) is 6.79. The highest BCUT2D eigenvalue weighted by molar-refractivity contribution is 9.11. The average Bonchev–Trinajstić information content (AvgIpc) is 2.47. The minimum absolute atomic E-state index is 0. The number of thiophene rings is 1. The van der Waals surface area contributed by atoms with Crippen molar-refractivity contribution in [2.75, 3.05) is 6.61 Å². The lowest BCUT2D eigenvalue weighted by Gasteiger charge is -2.06. The first-order valence-electron chi connectivity index (χ1n) is 3.85. The van der Waals surface area contributed by atoms with E-state index in [0.717, 1.165) is 16.6 Å². The molecule has 0 amide bonds. The Morgan fingerprint density at radius 2 is 2.23 bits per heavy atom. The van der Waals surface area contributed by atoms with Crippen LogP contribution in [0, 0.1) is 0 Å². The normalized spacial score (nSPS) is 12.2. The molecule has 0 bridgehead atoms. The predicted molar refractivity (Wildman–Crippen MR) is 62.5 cm³/mol. The topological polar surface area (TPSA) is 46.2 Å². The van der Waals surface area contributed by atoms with Gasteiger partial charge in [-0.05, 0) is 40.9 Å². The van der Waals surface area contributed by atoms with Crippen molar-refractivity contribution in [3.05, 3.63) is 20.8 Å². The summed E-state index contributed by atoms with van der Waals surface area (Å²) < 4.78 is 1.11. The van der Waals surface area contributed by atoms with E-state index >= 15 is 0 Å². The third-order valence-corrected chi connectivity index (χ3v) is 3.39. The zero-order valence-corrected chi connectivity index (χ0v) is 10.3. The Kier molecular flexibility index (Phi) is 6.99. The van der Waals surface area contributed by atoms with Gasteiger partial charge in [-0.25, -0.2) is 0 Å². The minimum Gasteiger partial charge on any atom is -0.396 e. The van der Waals surface area contributed by atoms with Crippen LogP contribution in [0.25, 0.3) is 0 Å². The van der Waals surface area contributed by atoms with Crippen molar-refractivity contribution in [1.29, 1.82) is 0 Å². The maximum atomic E-state index is 8.61. The fraction of sp³-hybridized carbons (Fsp3) is 0.500. The summed E-state index contributed by atoms with van der Waals surface area (Å²) in [4.78, 5) is 1.18. The first-order valence-corrected chi connectivity index (χ1v) is 5.46. The number of nitrogens with two attached hydrogens (primary N) is 1. The Morgan fingerprint density at radius 1 is 1.54 bits per heavy atom. The van der Waals surface area contributed by atoms with Crippen LogP contribution < -0.4 is 5.73 Å². The molecule has 0 aliphatic heterocycles. The number of aliphatic hydroxyl groups excluding tert-OH is 1. The molecule has 0 radical (unpaired) electrons. The lowest BCUT2D eigenvalue weighted by molar-refractivity contribution is 0.280. The third kappa shape index (κ3) is 4.42. The van der Waals surface area contributed by atoms with Crippen LogP contribution in [-0.4, -0.2) is 11.7 Å². The van der Waals surface area contributed by atoms with Gasteiger partial charge in [-0.2, -0.15) is 0 Å². The highest BCUT2D eigenvalue weighted by Crippen LogP contribution is 2.27. The van der Waals surface area contributed by atoms with Gasteiger partial charge in [0.1, 0.15) is 0 Å². The molecule has 0 aromatic carbocycles. The van der Waals surface area contributed by atoms with Crippen molar-refractivity contribution in [2.45, 2.75) is 18.9 Å². The second-order valence-electron chi connectivity index (χ2n) is 2.61. The smallest absolute Gasteiger partial charge is 0.0701 e. The van der Waals surface area contributed by atoms with Crippen LogP contribution in [-0.2, 0) is 0 Å². The number of hydrogen-bond donors (Lipinski definition) is 2. The molecule has 76 valence electrons. The first kappa shape index (κ1) is 13.4. The van der Waals surface area contributed by atoms with Crippen molar-refractivity contribution in [3.63, 3.8) is 0 Å². The molecule has 0 aliphatic rings. The molecule has 2 nitrogen and oxygen atoms in total. The fourth-order valence-corrected chi connectivity index (χ4v) is 2.44. The van der Waals surface area contributed by atoms with Crippen LogP contribution in [0.15, 0.2) is 15.9 Å². The van der Waals surface area contributed by atoms with Gasteiger partial charge in [0.2, 0.25) is 0 Å². The van der Waals surface area contributed by atoms with Gasteiger partial charge in [-0.1, -0.05) is 0 Å². The van der Waals surface area contributed by atoms with E-state index in [1.807, 2.05) is 12.1 Å². The van der Waals surface area contributed by atoms with E-state index in [2.05, 4.69) is 15.9 Å². The van der Waals surface area contributed by atoms with Gasteiger partial charge in [0.05, 0.1) is 3.79 Å². The first-order chi connectivity index (χ1) is 5.74. The van der Waals surface area contributed by atoms with E-state index in [9.17, 15) is 0 Å². The Labute approximate surface area is 96.7 Å². The lowest BCUT2D eigenvalue weighted by Crippen LogP contribution is -2.08. The number of aliphatic hydroxyl groups is 1. The quantitative estimate of drug-likeness (QED) is 0.894. The summed E-state index contributed by atoms with van der Waals surface area (Å²) in [5.74, 6) is 0. The zero-order valence-electron chi connectivity index (χ0n) is 7.07. The lowest BCUT2D eigenvalue weighted by atomic mass is 10.1. The molecular formula is C8H13BrClNOS. The highest BCUT2D eigenvalue weighted by atomic mass is 79.9. The molecule has 13 heavy (non-hydrogen) atoms. The van der Waals surface area contributed by atoms with Crippen molar-refractivity contribution >= 4 is 39.7 Å². The number of halogens is 2. The van der Waals surface area contributed by atoms with E-state index in [-0.39, 0.29) is 25.1 Å². The number of rotatable bonds is 4. The molecule has 1 aromatic heterocycles. The van der Waals surface area contributed by atoms with Crippen LogP contribution in [0.1, 0.15) is 23.8 Å². The van der Waals surface area contributed by atoms with Crippen molar-refractivity contribution in [2.24, 2.45) is 5.73 Å². The van der Waals surface area contributed by atoms with E-state index < -0.39 is 0 Å². The van der Waals surface area contributed by atoms with Crippen molar-refractivity contribution in [3.8, 4) is 0 Å². The van der Waals surface area contributed by atoms with Gasteiger partial charge < -0.3 is 10.8 Å². The second-order valence-corrected chi connectivity index (χ2v) is 5.11. The Morgan fingerprint density at radius 3 is 2.69 bits per heavy atom. The van der Waals surface area contributed by atoms with Gasteiger partial charge in [0.15, 0.2) is 0 Å². The maximum absolute atomic E-state index is 8.61. The molecule has 0 fully saturated rings. The summed E-state index contributed by atoms with van der Waals surface area (Å²) in [6, 6.07) is 4.10. The van der Waals surface area contributed by atoms with Gasteiger partial charge in [-0.15, -0.1) is 23.7 Å². The molecule has 1 rings (SSSR count). The monoisotopic (exact) mass is 285 g/mol. The molecule has 0 aliphatic carbocycles. The summed E-state index contributed by atoms with van der Waals surface area (Å²) in [6.45, 7) is 0.222. The molecule has 1 heterocycles. The van der Waals surface area contributed by atoms with Crippen LogP contribution >= 0.6 is 39.7 Å². The Bertz CT molecular complexity index is 244. The van der Waals surface area contributed by atoms with E-state index in [4.69, 9.17) is 10.8 Å². The molecule has 1 atom stereocenters. The maximum Gasteiger partial charge on any atom is 0.0701 e. The van der Waals surface area contributed by atoms with Gasteiger partial charge in [0, 0.05) is 17.5 Å². The van der Waals surface area contributed by atoms with Crippen LogP contribution in [0.4, 0.5) is 0 Å². The zero-order chi connectivity index (χ0) is 8.97. The Balaban J connectivity index is 0.00000144. The Hall–Kier alpha value is 0.390. The van der Waals surface area contributed by atoms with E-state index in [1.165, 1.54) is 4.88 Å². The molecule has 0 saturated carbocycles. The summed E-state index contributed by atoms with van der Waals surface area (Å²) in [7, 11) is 0. The minimum atomic E-state index is 0. The highest BCUT2D eigenvalue weighted by Gasteiger charge is 2.07. The third-order valence-electron chi connectivity index (χ3n) is 1.63. The molecule has 3 N–H and O–H groups in total. The van der Waals surface area contributed by atoms with Gasteiger partial charge in [0.25, 0.3) is 0 Å². The van der Waals surface area contributed by atoms with Crippen molar-refractivity contribution in [1.82, 2.24) is 0 Å². The van der Waals surface area contributed by atoms with Crippen molar-refractivity contribution < 1.29 is 5.11 Å². The van der Waals surface area contributed by atoms with E-state index in [0.29, 0.717) is 0 Å². The summed E-state index contributed by atoms with van der Waals surface area (Å²) >= 11 is 5.04. The van der Waals surface area contributed by atoms with Gasteiger partial charge >= 0.3 is 0 Å². The predicted octanol–water partition coefficient (Wildman–Crippen LogP) is 2.70. The molecular weight excluding hydrogens is 274 g/mol. The summed E-state index contributed by atoms with van der Waals surface area (Å²) in [5, 5.41) is 8.61. The number of hydrogen-bond acceptors (Lipinski definition) is 3. The average molecular weight is 287 g/mol. The molecule has 5 heteroatoms. The molecule has 1 aromatic rings. The molecule has 0 saturated heterocycles. The molecule has 0 unspecified atom stereocenters. The van der Waals surface area contributed by atoms with Gasteiger partial charge in [-0.3, -0.25) is 0 Å². The summed E-state index contributed by atoms with van der Waals surface area (Å²) in [5.41, 5.74) is 5.87. The van der Waals surface area contributed by atoms with Crippen LogP contribution in [0.3, 0.4) is 0 Å². The van der Waals surface area contributed by atoms with E-state index in [1.54, 1.807) is 11.3 Å². The van der Waals surface area contributed by atoms with Crippen LogP contribution in [0.2, 0.25) is 0 Å². The van der Waals surface area contributed by atoms with Crippen LogP contribution in [0.5, 0.6) is 0 Å².